The van der Waals surface area contributed by atoms with Gasteiger partial charge in [-0.05, 0) is 62.2 Å². The lowest BCUT2D eigenvalue weighted by Gasteiger charge is -2.25. The van der Waals surface area contributed by atoms with Gasteiger partial charge >= 0.3 is 0 Å². The molecule has 3 N–H and O–H groups in total. The Labute approximate surface area is 126 Å². The number of hydrogen-bond acceptors (Lipinski definition) is 1. The molecule has 0 aromatic heterocycles. The number of rotatable bonds is 2. The molecular formula is C15H26BrN3. The van der Waals surface area contributed by atoms with E-state index in [0.717, 1.165) is 29.6 Å². The van der Waals surface area contributed by atoms with Crippen LogP contribution in [0.25, 0.3) is 0 Å². The van der Waals surface area contributed by atoms with Gasteiger partial charge in [0.05, 0.1) is 6.04 Å². The molecule has 3 nitrogen and oxygen atoms in total. The van der Waals surface area contributed by atoms with Crippen LogP contribution < -0.4 is 11.1 Å². The van der Waals surface area contributed by atoms with Crippen molar-refractivity contribution >= 4 is 22.9 Å². The van der Waals surface area contributed by atoms with Crippen LogP contribution >= 0.6 is 17.0 Å². The Morgan fingerprint density at radius 1 is 0.895 bits per heavy atom. The lowest BCUT2D eigenvalue weighted by atomic mass is 9.95. The van der Waals surface area contributed by atoms with Crippen molar-refractivity contribution in [1.29, 1.82) is 0 Å². The van der Waals surface area contributed by atoms with E-state index in [-0.39, 0.29) is 17.0 Å². The Balaban J connectivity index is 0.00000110. The molecule has 0 spiro atoms. The lowest BCUT2D eigenvalue weighted by molar-refractivity contribution is 0.384. The molecule has 0 aromatic carbocycles. The summed E-state index contributed by atoms with van der Waals surface area (Å²) in [5.41, 5.74) is 6.14. The summed E-state index contributed by atoms with van der Waals surface area (Å²) >= 11 is 0. The van der Waals surface area contributed by atoms with Gasteiger partial charge in [0.25, 0.3) is 0 Å². The molecular weight excluding hydrogens is 302 g/mol. The summed E-state index contributed by atoms with van der Waals surface area (Å²) in [5, 5.41) is 3.52. The van der Waals surface area contributed by atoms with Gasteiger partial charge in [0.2, 0.25) is 0 Å². The molecule has 0 saturated heterocycles. The molecule has 0 amide bonds. The Bertz CT molecular complexity index is 370. The van der Waals surface area contributed by atoms with E-state index in [1.54, 1.807) is 0 Å². The van der Waals surface area contributed by atoms with E-state index < -0.39 is 0 Å². The maximum Gasteiger partial charge on any atom is 0.189 e. The van der Waals surface area contributed by atoms with Crippen LogP contribution in [0.2, 0.25) is 0 Å². The lowest BCUT2D eigenvalue weighted by Crippen LogP contribution is -2.43. The maximum absolute atomic E-state index is 6.14. The van der Waals surface area contributed by atoms with Crippen molar-refractivity contribution in [3.05, 3.63) is 0 Å². The van der Waals surface area contributed by atoms with E-state index in [9.17, 15) is 0 Å². The smallest absolute Gasteiger partial charge is 0.189 e. The highest BCUT2D eigenvalue weighted by Crippen LogP contribution is 2.46. The predicted octanol–water partition coefficient (Wildman–Crippen LogP) is 2.85. The summed E-state index contributed by atoms with van der Waals surface area (Å²) in [5.74, 6) is 4.39. The topological polar surface area (TPSA) is 50.4 Å². The molecule has 0 heterocycles. The van der Waals surface area contributed by atoms with Crippen molar-refractivity contribution in [3.8, 4) is 0 Å². The molecule has 6 unspecified atom stereocenters. The third-order valence-electron chi connectivity index (χ3n) is 6.08. The van der Waals surface area contributed by atoms with Gasteiger partial charge in [-0.1, -0.05) is 12.8 Å². The first-order valence-corrected chi connectivity index (χ1v) is 7.87. The zero-order valence-corrected chi connectivity index (χ0v) is 13.3. The number of nitrogens with one attached hydrogen (secondary N) is 1. The zero-order valence-electron chi connectivity index (χ0n) is 11.6. The fraction of sp³-hybridized carbons (Fsp3) is 0.933. The van der Waals surface area contributed by atoms with Crippen LogP contribution in [0, 0.1) is 23.7 Å². The Kier molecular flexibility index (Phi) is 3.80. The molecule has 4 rings (SSSR count). The van der Waals surface area contributed by atoms with E-state index in [4.69, 9.17) is 10.7 Å². The molecule has 0 aliphatic heterocycles. The SMILES string of the molecule is Br.NC(=NC1CC2CCC1C2)NC1CC2CCC1C2. The molecule has 4 aliphatic rings. The normalized spacial score (nSPS) is 47.5. The largest absolute Gasteiger partial charge is 0.370 e. The quantitative estimate of drug-likeness (QED) is 0.605. The maximum atomic E-state index is 6.14. The van der Waals surface area contributed by atoms with Crippen molar-refractivity contribution in [2.45, 2.75) is 63.5 Å². The number of nitrogens with zero attached hydrogens (tertiary/aromatic N) is 1. The summed E-state index contributed by atoms with van der Waals surface area (Å²) in [6, 6.07) is 1.17. The number of aliphatic imine (C=N–C) groups is 1. The minimum atomic E-state index is 0. The number of nitrogens with two attached hydrogens (primary N) is 1. The van der Waals surface area contributed by atoms with Crippen LogP contribution in [0.15, 0.2) is 4.99 Å². The fourth-order valence-electron chi connectivity index (χ4n) is 5.20. The molecule has 0 radical (unpaired) electrons. The monoisotopic (exact) mass is 327 g/mol. The van der Waals surface area contributed by atoms with Crippen molar-refractivity contribution in [3.63, 3.8) is 0 Å². The first-order chi connectivity index (χ1) is 8.78. The van der Waals surface area contributed by atoms with E-state index in [2.05, 4.69) is 5.32 Å². The average molecular weight is 328 g/mol. The third-order valence-corrected chi connectivity index (χ3v) is 6.08. The summed E-state index contributed by atoms with van der Waals surface area (Å²) in [6.07, 6.45) is 11.2. The minimum Gasteiger partial charge on any atom is -0.370 e. The van der Waals surface area contributed by atoms with Gasteiger partial charge in [0, 0.05) is 6.04 Å². The summed E-state index contributed by atoms with van der Waals surface area (Å²) in [4.78, 5) is 4.79. The van der Waals surface area contributed by atoms with Crippen LogP contribution in [-0.4, -0.2) is 18.0 Å². The van der Waals surface area contributed by atoms with Gasteiger partial charge in [-0.25, -0.2) is 4.99 Å². The van der Waals surface area contributed by atoms with Gasteiger partial charge in [0.15, 0.2) is 5.96 Å². The zero-order chi connectivity index (χ0) is 12.1. The Hall–Kier alpha value is -0.250. The van der Waals surface area contributed by atoms with Crippen molar-refractivity contribution in [1.82, 2.24) is 5.32 Å². The number of halogens is 1. The highest BCUT2D eigenvalue weighted by atomic mass is 79.9. The van der Waals surface area contributed by atoms with Crippen LogP contribution in [0.1, 0.15) is 51.4 Å². The fourth-order valence-corrected chi connectivity index (χ4v) is 5.20. The average Bonchev–Trinajstić information content (AvgIpc) is 3.08. The van der Waals surface area contributed by atoms with Crippen LogP contribution in [0.4, 0.5) is 0 Å². The number of hydrogen-bond donors (Lipinski definition) is 2. The van der Waals surface area contributed by atoms with Gasteiger partial charge in [-0.15, -0.1) is 17.0 Å². The number of fused-ring (bicyclic) bond motifs is 4. The van der Waals surface area contributed by atoms with E-state index >= 15 is 0 Å². The highest BCUT2D eigenvalue weighted by molar-refractivity contribution is 8.93. The second-order valence-corrected chi connectivity index (χ2v) is 7.18. The standard InChI is InChI=1S/C15H25N3.BrH/c16-15(17-13-7-9-1-3-11(13)5-9)18-14-8-10-2-4-12(14)6-10;/h9-14H,1-8H2,(H3,16,17,18);1H. The first kappa shape index (κ1) is 13.7. The van der Waals surface area contributed by atoms with E-state index in [0.29, 0.717) is 12.1 Å². The van der Waals surface area contributed by atoms with Crippen LogP contribution in [-0.2, 0) is 0 Å². The second-order valence-electron chi connectivity index (χ2n) is 7.18. The highest BCUT2D eigenvalue weighted by Gasteiger charge is 2.41. The molecule has 108 valence electrons. The summed E-state index contributed by atoms with van der Waals surface area (Å²) in [6.45, 7) is 0. The van der Waals surface area contributed by atoms with Crippen molar-refractivity contribution < 1.29 is 0 Å². The molecule has 6 atom stereocenters. The summed E-state index contributed by atoms with van der Waals surface area (Å²) < 4.78 is 0. The second kappa shape index (κ2) is 5.27. The molecule has 4 saturated carbocycles. The molecule has 4 fully saturated rings. The van der Waals surface area contributed by atoms with Gasteiger partial charge in [0.1, 0.15) is 0 Å². The van der Waals surface area contributed by atoms with Crippen LogP contribution in [0.5, 0.6) is 0 Å². The van der Waals surface area contributed by atoms with E-state index in [1.807, 2.05) is 0 Å². The summed E-state index contributed by atoms with van der Waals surface area (Å²) in [7, 11) is 0. The molecule has 4 bridgehead atoms. The first-order valence-electron chi connectivity index (χ1n) is 7.87. The van der Waals surface area contributed by atoms with Crippen molar-refractivity contribution in [2.24, 2.45) is 34.4 Å². The molecule has 4 heteroatoms. The van der Waals surface area contributed by atoms with Gasteiger partial charge < -0.3 is 11.1 Å². The Morgan fingerprint density at radius 2 is 1.58 bits per heavy atom. The van der Waals surface area contributed by atoms with E-state index in [1.165, 1.54) is 51.4 Å². The Morgan fingerprint density at radius 3 is 2.11 bits per heavy atom. The van der Waals surface area contributed by atoms with Gasteiger partial charge in [-0.3, -0.25) is 0 Å². The molecule has 0 aromatic rings. The minimum absolute atomic E-state index is 0. The molecule has 4 aliphatic carbocycles. The third kappa shape index (κ3) is 2.53. The van der Waals surface area contributed by atoms with Gasteiger partial charge in [-0.2, -0.15) is 0 Å². The predicted molar refractivity (Wildman–Crippen MR) is 83.6 cm³/mol. The number of guanidine groups is 1. The van der Waals surface area contributed by atoms with Crippen molar-refractivity contribution in [2.75, 3.05) is 0 Å². The van der Waals surface area contributed by atoms with Crippen LogP contribution in [0.3, 0.4) is 0 Å². The molecule has 19 heavy (non-hydrogen) atoms.